The summed E-state index contributed by atoms with van der Waals surface area (Å²) < 4.78 is 0.190. The molecule has 0 fully saturated rings. The van der Waals surface area contributed by atoms with Gasteiger partial charge in [-0.3, -0.25) is 4.79 Å². The second kappa shape index (κ2) is 5.96. The first kappa shape index (κ1) is 18.0. The highest BCUT2D eigenvalue weighted by Crippen LogP contribution is 2.27. The van der Waals surface area contributed by atoms with Gasteiger partial charge in [0, 0.05) is 21.5 Å². The third kappa shape index (κ3) is 8.15. The van der Waals surface area contributed by atoms with Crippen LogP contribution in [0.2, 0.25) is 0 Å². The Labute approximate surface area is 118 Å². The number of carbonyl (C=O) groups is 1. The van der Waals surface area contributed by atoms with Crippen LogP contribution in [-0.4, -0.2) is 27.9 Å². The van der Waals surface area contributed by atoms with E-state index in [1.54, 1.807) is 0 Å². The number of hydrogen-bond acceptors (Lipinski definition) is 3. The fourth-order valence-corrected chi connectivity index (χ4v) is 2.46. The predicted octanol–water partition coefficient (Wildman–Crippen LogP) is 3.89. The third-order valence-electron chi connectivity index (χ3n) is 2.35. The number of ketones is 1. The average Bonchev–Trinajstić information content (AvgIpc) is 2.06. The highest BCUT2D eigenvalue weighted by molar-refractivity contribution is 8.00. The van der Waals surface area contributed by atoms with Gasteiger partial charge in [0.1, 0.15) is 0 Å². The fourth-order valence-electron chi connectivity index (χ4n) is 1.56. The van der Waals surface area contributed by atoms with E-state index in [1.165, 1.54) is 0 Å². The molecule has 0 aliphatic heterocycles. The average molecular weight is 273 g/mol. The molecule has 3 heteroatoms. The lowest BCUT2D eigenvalue weighted by atomic mass is 9.86. The normalized spacial score (nSPS) is 15.6. The Morgan fingerprint density at radius 2 is 1.44 bits per heavy atom. The van der Waals surface area contributed by atoms with Crippen LogP contribution in [0, 0.1) is 5.41 Å². The molecule has 1 N–H and O–H groups in total. The molecule has 0 radical (unpaired) electrons. The lowest BCUT2D eigenvalue weighted by Gasteiger charge is -2.33. The molecule has 2 nitrogen and oxygen atoms in total. The van der Waals surface area contributed by atoms with Gasteiger partial charge in [-0.05, 0) is 20.8 Å². The molecule has 0 aromatic heterocycles. The molecule has 0 spiro atoms. The molecule has 108 valence electrons. The van der Waals surface area contributed by atoms with E-state index < -0.39 is 0 Å². The van der Waals surface area contributed by atoms with Crippen molar-refractivity contribution < 1.29 is 4.79 Å². The molecule has 0 saturated heterocycles. The van der Waals surface area contributed by atoms with Gasteiger partial charge in [0.25, 0.3) is 0 Å². The first-order valence-electron chi connectivity index (χ1n) is 6.68. The Hall–Kier alpha value is -0.0200. The minimum Gasteiger partial charge on any atom is -0.302 e. The molecule has 0 amide bonds. The number of hydrogen-bond donors (Lipinski definition) is 1. The number of nitrogens with one attached hydrogen (secondary N) is 1. The molecule has 0 bridgehead atoms. The zero-order chi connectivity index (χ0) is 14.8. The molecule has 0 saturated carbocycles. The maximum Gasteiger partial charge on any atom is 0.155 e. The Balaban J connectivity index is 4.80. The van der Waals surface area contributed by atoms with Crippen LogP contribution in [0.25, 0.3) is 0 Å². The van der Waals surface area contributed by atoms with Crippen molar-refractivity contribution in [2.75, 3.05) is 5.75 Å². The van der Waals surface area contributed by atoms with Gasteiger partial charge in [-0.25, -0.2) is 0 Å². The zero-order valence-electron chi connectivity index (χ0n) is 13.6. The maximum atomic E-state index is 12.5. The third-order valence-corrected chi connectivity index (χ3v) is 3.71. The molecule has 1 unspecified atom stereocenters. The van der Waals surface area contributed by atoms with Gasteiger partial charge < -0.3 is 5.32 Å². The van der Waals surface area contributed by atoms with E-state index in [4.69, 9.17) is 0 Å². The standard InChI is InChI=1S/C15H31NOS/c1-13(2,3)12(17)11(16-14(4,5)6)10-18-15(7,8)9/h11,16H,10H2,1-9H3. The predicted molar refractivity (Wildman–Crippen MR) is 83.3 cm³/mol. The smallest absolute Gasteiger partial charge is 0.155 e. The molecule has 0 aliphatic carbocycles. The second-order valence-electron chi connectivity index (χ2n) is 7.98. The van der Waals surface area contributed by atoms with Crippen LogP contribution in [0.15, 0.2) is 0 Å². The molecule has 0 rings (SSSR count). The molecule has 18 heavy (non-hydrogen) atoms. The summed E-state index contributed by atoms with van der Waals surface area (Å²) in [7, 11) is 0. The van der Waals surface area contributed by atoms with Gasteiger partial charge in [-0.1, -0.05) is 41.5 Å². The van der Waals surface area contributed by atoms with Gasteiger partial charge in [-0.2, -0.15) is 11.8 Å². The molecular formula is C15H31NOS. The van der Waals surface area contributed by atoms with Crippen LogP contribution in [0.3, 0.4) is 0 Å². The van der Waals surface area contributed by atoms with Crippen molar-refractivity contribution in [2.45, 2.75) is 78.6 Å². The number of Topliss-reactive ketones (excluding diaryl/α,β-unsaturated/α-hetero) is 1. The van der Waals surface area contributed by atoms with Crippen LogP contribution < -0.4 is 5.32 Å². The van der Waals surface area contributed by atoms with Crippen molar-refractivity contribution >= 4 is 17.5 Å². The lowest BCUT2D eigenvalue weighted by molar-refractivity contribution is -0.128. The summed E-state index contributed by atoms with van der Waals surface area (Å²) in [5.74, 6) is 1.13. The Morgan fingerprint density at radius 3 is 1.72 bits per heavy atom. The van der Waals surface area contributed by atoms with E-state index >= 15 is 0 Å². The van der Waals surface area contributed by atoms with Gasteiger partial charge in [0.05, 0.1) is 6.04 Å². The first-order chi connectivity index (χ1) is 7.72. The van der Waals surface area contributed by atoms with Crippen molar-refractivity contribution in [1.29, 1.82) is 0 Å². The molecular weight excluding hydrogens is 242 g/mol. The zero-order valence-corrected chi connectivity index (χ0v) is 14.4. The van der Waals surface area contributed by atoms with Gasteiger partial charge in [0.2, 0.25) is 0 Å². The van der Waals surface area contributed by atoms with Gasteiger partial charge >= 0.3 is 0 Å². The first-order valence-corrected chi connectivity index (χ1v) is 7.67. The van der Waals surface area contributed by atoms with Crippen molar-refractivity contribution in [3.8, 4) is 0 Å². The van der Waals surface area contributed by atoms with E-state index in [0.717, 1.165) is 5.75 Å². The molecule has 0 aliphatic rings. The van der Waals surface area contributed by atoms with Gasteiger partial charge in [0.15, 0.2) is 5.78 Å². The summed E-state index contributed by atoms with van der Waals surface area (Å²) in [6.07, 6.45) is 0. The van der Waals surface area contributed by atoms with Crippen LogP contribution >= 0.6 is 11.8 Å². The van der Waals surface area contributed by atoms with Crippen LogP contribution in [0.4, 0.5) is 0 Å². The fraction of sp³-hybridized carbons (Fsp3) is 0.933. The second-order valence-corrected chi connectivity index (χ2v) is 9.83. The Morgan fingerprint density at radius 1 is 1.00 bits per heavy atom. The van der Waals surface area contributed by atoms with Crippen molar-refractivity contribution in [3.05, 3.63) is 0 Å². The van der Waals surface area contributed by atoms with Crippen molar-refractivity contribution in [2.24, 2.45) is 5.41 Å². The quantitative estimate of drug-likeness (QED) is 0.842. The van der Waals surface area contributed by atoms with Crippen LogP contribution in [0.1, 0.15) is 62.3 Å². The SMILES string of the molecule is CC(C)(C)NC(CSC(C)(C)C)C(=O)C(C)(C)C. The Kier molecular flexibility index (Phi) is 5.95. The van der Waals surface area contributed by atoms with E-state index in [9.17, 15) is 4.79 Å². The van der Waals surface area contributed by atoms with Crippen molar-refractivity contribution in [1.82, 2.24) is 5.32 Å². The summed E-state index contributed by atoms with van der Waals surface area (Å²) in [6.45, 7) is 18.9. The number of thioether (sulfide) groups is 1. The molecule has 0 aromatic carbocycles. The molecule has 0 aromatic rings. The highest BCUT2D eigenvalue weighted by Gasteiger charge is 2.32. The topological polar surface area (TPSA) is 29.1 Å². The summed E-state index contributed by atoms with van der Waals surface area (Å²) in [6, 6.07) is -0.0748. The molecule has 1 atom stereocenters. The monoisotopic (exact) mass is 273 g/mol. The summed E-state index contributed by atoms with van der Waals surface area (Å²) >= 11 is 1.84. The van der Waals surface area contributed by atoms with Crippen LogP contribution in [-0.2, 0) is 4.79 Å². The summed E-state index contributed by atoms with van der Waals surface area (Å²) in [4.78, 5) is 12.5. The minimum absolute atomic E-state index is 0.0377. The largest absolute Gasteiger partial charge is 0.302 e. The Bertz CT molecular complexity index is 278. The molecule has 0 heterocycles. The summed E-state index contributed by atoms with van der Waals surface area (Å²) in [5, 5.41) is 3.46. The highest BCUT2D eigenvalue weighted by atomic mass is 32.2. The van der Waals surface area contributed by atoms with E-state index in [1.807, 2.05) is 32.5 Å². The van der Waals surface area contributed by atoms with Crippen LogP contribution in [0.5, 0.6) is 0 Å². The number of carbonyl (C=O) groups excluding carboxylic acids is 1. The summed E-state index contributed by atoms with van der Waals surface area (Å²) in [5.41, 5.74) is -0.328. The van der Waals surface area contributed by atoms with E-state index in [-0.39, 0.29) is 21.7 Å². The van der Waals surface area contributed by atoms with Gasteiger partial charge in [-0.15, -0.1) is 0 Å². The van der Waals surface area contributed by atoms with E-state index in [0.29, 0.717) is 5.78 Å². The van der Waals surface area contributed by atoms with E-state index in [2.05, 4.69) is 46.9 Å². The maximum absolute atomic E-state index is 12.5. The lowest BCUT2D eigenvalue weighted by Crippen LogP contribution is -2.52. The number of rotatable bonds is 4. The van der Waals surface area contributed by atoms with Crippen molar-refractivity contribution in [3.63, 3.8) is 0 Å². The minimum atomic E-state index is -0.290.